The number of halogens is 1. The Morgan fingerprint density at radius 2 is 1.79 bits per heavy atom. The molecule has 1 N–H and O–H groups in total. The minimum Gasteiger partial charge on any atom is -0.400 e. The number of aliphatic hydroxyl groups is 1. The molecule has 0 fully saturated rings. The lowest BCUT2D eigenvalue weighted by atomic mass is 10.1. The molecule has 0 amide bonds. The summed E-state index contributed by atoms with van der Waals surface area (Å²) in [6.07, 6.45) is 0.863. The first-order valence-corrected chi connectivity index (χ1v) is 5.19. The molecule has 0 saturated heterocycles. The molecule has 0 aliphatic carbocycles. The molecule has 1 rings (SSSR count). The smallest absolute Gasteiger partial charge is 0.150 e. The number of aliphatic hydroxyl groups excluding tert-OH is 1. The fraction of sp³-hybridized carbons (Fsp3) is 0.364. The number of benzene rings is 1. The Morgan fingerprint density at radius 1 is 1.29 bits per heavy atom. The van der Waals surface area contributed by atoms with E-state index in [2.05, 4.69) is 15.9 Å². The summed E-state index contributed by atoms with van der Waals surface area (Å²) < 4.78 is 1.01. The molecule has 0 saturated carbocycles. The predicted octanol–water partition coefficient (Wildman–Crippen LogP) is 3.20. The highest BCUT2D eigenvalue weighted by molar-refractivity contribution is 9.10. The van der Waals surface area contributed by atoms with Crippen LogP contribution in [0.5, 0.6) is 0 Å². The Morgan fingerprint density at radius 3 is 2.14 bits per heavy atom. The van der Waals surface area contributed by atoms with Gasteiger partial charge >= 0.3 is 0 Å². The molecule has 0 atom stereocenters. The summed E-state index contributed by atoms with van der Waals surface area (Å²) in [7, 11) is 1.00. The van der Waals surface area contributed by atoms with E-state index in [4.69, 9.17) is 5.11 Å². The fourth-order valence-electron chi connectivity index (χ4n) is 0.771. The van der Waals surface area contributed by atoms with E-state index in [1.54, 1.807) is 6.07 Å². The molecule has 0 aliphatic heterocycles. The number of rotatable bonds is 1. The molecule has 0 spiro atoms. The van der Waals surface area contributed by atoms with Gasteiger partial charge in [0.25, 0.3) is 0 Å². The Kier molecular flexibility index (Phi) is 11.7. The van der Waals surface area contributed by atoms with Gasteiger partial charge in [0, 0.05) is 17.1 Å². The number of hydrogen-bond donors (Lipinski definition) is 1. The normalized spacial score (nSPS) is 7.57. The highest BCUT2D eigenvalue weighted by Gasteiger charge is 1.94. The summed E-state index contributed by atoms with van der Waals surface area (Å²) >= 11 is 3.31. The van der Waals surface area contributed by atoms with Crippen LogP contribution in [0.2, 0.25) is 0 Å². The van der Waals surface area contributed by atoms with Crippen LogP contribution in [0.4, 0.5) is 0 Å². The highest BCUT2D eigenvalue weighted by atomic mass is 79.9. The first-order chi connectivity index (χ1) is 6.74. The molecule has 0 bridgehead atoms. The molecule has 0 unspecified atom stereocenters. The van der Waals surface area contributed by atoms with Gasteiger partial charge in [0.15, 0.2) is 0 Å². The fourth-order valence-corrected chi connectivity index (χ4v) is 1.25. The topological polar surface area (TPSA) is 37.3 Å². The van der Waals surface area contributed by atoms with Crippen LogP contribution in [0, 0.1) is 6.92 Å². The number of carbonyl (C=O) groups is 1. The van der Waals surface area contributed by atoms with E-state index in [0.29, 0.717) is 0 Å². The Balaban J connectivity index is 0. The van der Waals surface area contributed by atoms with Crippen molar-refractivity contribution in [2.24, 2.45) is 0 Å². The van der Waals surface area contributed by atoms with Crippen LogP contribution in [0.3, 0.4) is 0 Å². The summed E-state index contributed by atoms with van der Waals surface area (Å²) in [5, 5.41) is 7.00. The van der Waals surface area contributed by atoms with Crippen LogP contribution in [-0.4, -0.2) is 18.5 Å². The van der Waals surface area contributed by atoms with Gasteiger partial charge in [-0.1, -0.05) is 35.8 Å². The highest BCUT2D eigenvalue weighted by Crippen LogP contribution is 2.13. The lowest BCUT2D eigenvalue weighted by molar-refractivity contribution is 0.112. The maximum absolute atomic E-state index is 10.3. The van der Waals surface area contributed by atoms with Gasteiger partial charge in [-0.05, 0) is 24.6 Å². The molecule has 14 heavy (non-hydrogen) atoms. The lowest BCUT2D eigenvalue weighted by Crippen LogP contribution is -1.83. The van der Waals surface area contributed by atoms with Gasteiger partial charge in [0.1, 0.15) is 6.29 Å². The van der Waals surface area contributed by atoms with Gasteiger partial charge in [-0.3, -0.25) is 4.79 Å². The van der Waals surface area contributed by atoms with Gasteiger partial charge in [-0.25, -0.2) is 0 Å². The van der Waals surface area contributed by atoms with Crippen LogP contribution in [0.15, 0.2) is 22.7 Å². The van der Waals surface area contributed by atoms with E-state index >= 15 is 0 Å². The van der Waals surface area contributed by atoms with Crippen molar-refractivity contribution in [3.05, 3.63) is 33.8 Å². The third-order valence-corrected chi connectivity index (χ3v) is 1.85. The Hall–Kier alpha value is -0.670. The van der Waals surface area contributed by atoms with Crippen molar-refractivity contribution in [3.63, 3.8) is 0 Å². The monoisotopic (exact) mass is 260 g/mol. The summed E-state index contributed by atoms with van der Waals surface area (Å²) in [6.45, 7) is 5.91. The van der Waals surface area contributed by atoms with Crippen LogP contribution in [-0.2, 0) is 0 Å². The van der Waals surface area contributed by atoms with E-state index < -0.39 is 0 Å². The second-order valence-electron chi connectivity index (χ2n) is 2.12. The zero-order valence-corrected chi connectivity index (χ0v) is 10.6. The number of hydrogen-bond acceptors (Lipinski definition) is 2. The van der Waals surface area contributed by atoms with Crippen molar-refractivity contribution in [1.29, 1.82) is 0 Å². The van der Waals surface area contributed by atoms with E-state index in [0.717, 1.165) is 29.0 Å². The third kappa shape index (κ3) is 5.89. The van der Waals surface area contributed by atoms with E-state index in [-0.39, 0.29) is 0 Å². The maximum atomic E-state index is 10.3. The molecule has 80 valence electrons. The zero-order valence-electron chi connectivity index (χ0n) is 9.04. The van der Waals surface area contributed by atoms with Crippen molar-refractivity contribution < 1.29 is 9.90 Å². The molecule has 0 heterocycles. The molecule has 1 aromatic carbocycles. The number of aryl methyl sites for hydroxylation is 1. The summed E-state index contributed by atoms with van der Waals surface area (Å²) in [5.74, 6) is 0. The van der Waals surface area contributed by atoms with E-state index in [1.165, 1.54) is 0 Å². The minimum atomic E-state index is 0.753. The van der Waals surface area contributed by atoms with Crippen LogP contribution >= 0.6 is 15.9 Å². The molecular weight excluding hydrogens is 244 g/mol. The standard InChI is InChI=1S/C8H7BrO.C2H6.CH4O/c1-6-4-8(9)3-2-7(6)5-10;2*1-2/h2-5H,1H3;1-2H3;2H,1H3. The van der Waals surface area contributed by atoms with Gasteiger partial charge in [-0.2, -0.15) is 0 Å². The maximum Gasteiger partial charge on any atom is 0.150 e. The predicted molar refractivity (Wildman–Crippen MR) is 63.8 cm³/mol. The van der Waals surface area contributed by atoms with Crippen molar-refractivity contribution in [3.8, 4) is 0 Å². The summed E-state index contributed by atoms with van der Waals surface area (Å²) in [6, 6.07) is 5.58. The summed E-state index contributed by atoms with van der Waals surface area (Å²) in [4.78, 5) is 10.3. The quantitative estimate of drug-likeness (QED) is 0.788. The van der Waals surface area contributed by atoms with Crippen LogP contribution in [0.1, 0.15) is 29.8 Å². The van der Waals surface area contributed by atoms with E-state index in [9.17, 15) is 4.79 Å². The average molecular weight is 261 g/mol. The number of aldehydes is 1. The van der Waals surface area contributed by atoms with Crippen molar-refractivity contribution in [2.75, 3.05) is 7.11 Å². The van der Waals surface area contributed by atoms with E-state index in [1.807, 2.05) is 32.9 Å². The van der Waals surface area contributed by atoms with Crippen molar-refractivity contribution >= 4 is 22.2 Å². The molecular formula is C11H17BrO2. The third-order valence-electron chi connectivity index (χ3n) is 1.36. The van der Waals surface area contributed by atoms with Gasteiger partial charge in [-0.15, -0.1) is 0 Å². The van der Waals surface area contributed by atoms with Gasteiger partial charge < -0.3 is 5.11 Å². The SMILES string of the molecule is CC.CO.Cc1cc(Br)ccc1C=O. The first-order valence-electron chi connectivity index (χ1n) is 4.40. The largest absolute Gasteiger partial charge is 0.400 e. The number of carbonyl (C=O) groups excluding carboxylic acids is 1. The zero-order chi connectivity index (χ0) is 11.6. The van der Waals surface area contributed by atoms with Crippen molar-refractivity contribution in [1.82, 2.24) is 0 Å². The Labute approximate surface area is 94.1 Å². The summed E-state index contributed by atoms with van der Waals surface area (Å²) in [5.41, 5.74) is 1.76. The molecule has 3 heteroatoms. The van der Waals surface area contributed by atoms with Gasteiger partial charge in [0.2, 0.25) is 0 Å². The van der Waals surface area contributed by atoms with Crippen molar-refractivity contribution in [2.45, 2.75) is 20.8 Å². The second kappa shape index (κ2) is 10.4. The molecule has 0 aliphatic rings. The first kappa shape index (κ1) is 15.8. The lowest BCUT2D eigenvalue weighted by Gasteiger charge is -1.96. The van der Waals surface area contributed by atoms with Crippen LogP contribution in [0.25, 0.3) is 0 Å². The average Bonchev–Trinajstić information content (AvgIpc) is 2.24. The molecule has 1 aromatic rings. The second-order valence-corrected chi connectivity index (χ2v) is 3.03. The molecule has 2 nitrogen and oxygen atoms in total. The molecule has 0 radical (unpaired) electrons. The minimum absolute atomic E-state index is 0.753. The Bertz CT molecular complexity index is 259. The van der Waals surface area contributed by atoms with Crippen LogP contribution < -0.4 is 0 Å². The molecule has 0 aromatic heterocycles. The van der Waals surface area contributed by atoms with Gasteiger partial charge in [0.05, 0.1) is 0 Å².